The SMILES string of the molecule is CC(=O)NC[C@H]1CN(c2cc(F)c(N3CCNN(C(=O)c4ccc([N+](=O)[O-])o4)CC3)c(F)c2)C(=O)O1. The average Bonchev–Trinajstić information content (AvgIpc) is 3.38. The lowest BCUT2D eigenvalue weighted by Crippen LogP contribution is -2.43. The zero-order valence-electron chi connectivity index (χ0n) is 19.0. The highest BCUT2D eigenvalue weighted by Gasteiger charge is 2.34. The first-order valence-electron chi connectivity index (χ1n) is 10.9. The van der Waals surface area contributed by atoms with E-state index in [0.29, 0.717) is 0 Å². The molecule has 192 valence electrons. The van der Waals surface area contributed by atoms with E-state index in [2.05, 4.69) is 10.7 Å². The predicted molar refractivity (Wildman–Crippen MR) is 119 cm³/mol. The molecule has 13 nitrogen and oxygen atoms in total. The molecular formula is C21H22F2N6O7. The molecule has 0 bridgehead atoms. The Hall–Kier alpha value is -4.27. The summed E-state index contributed by atoms with van der Waals surface area (Å²) in [6.45, 7) is 1.71. The van der Waals surface area contributed by atoms with Gasteiger partial charge in [0.25, 0.3) is 0 Å². The standard InChI is InChI=1S/C21H22F2N6O7/c1-12(30)24-10-14-11-27(21(32)35-14)13-8-15(22)19(16(23)9-13)26-5-4-25-28(7-6-26)20(31)17-2-3-18(36-17)29(33)34/h2-3,8-9,14,25H,4-7,10-11H2,1H3,(H,24,30)/t14-/m0/s1. The minimum absolute atomic E-state index is 0.00274. The van der Waals surface area contributed by atoms with E-state index in [1.165, 1.54) is 17.9 Å². The van der Waals surface area contributed by atoms with Gasteiger partial charge in [0.2, 0.25) is 11.7 Å². The van der Waals surface area contributed by atoms with Crippen molar-refractivity contribution in [2.45, 2.75) is 13.0 Å². The van der Waals surface area contributed by atoms with E-state index < -0.39 is 40.5 Å². The maximum Gasteiger partial charge on any atom is 0.433 e. The van der Waals surface area contributed by atoms with Gasteiger partial charge in [-0.2, -0.15) is 0 Å². The molecule has 2 N–H and O–H groups in total. The number of anilines is 2. The molecule has 2 aliphatic rings. The van der Waals surface area contributed by atoms with Gasteiger partial charge in [0.1, 0.15) is 16.7 Å². The summed E-state index contributed by atoms with van der Waals surface area (Å²) >= 11 is 0. The Morgan fingerprint density at radius 3 is 2.58 bits per heavy atom. The third-order valence-corrected chi connectivity index (χ3v) is 5.59. The van der Waals surface area contributed by atoms with E-state index in [0.717, 1.165) is 28.1 Å². The lowest BCUT2D eigenvalue weighted by atomic mass is 10.2. The van der Waals surface area contributed by atoms with Crippen molar-refractivity contribution in [2.75, 3.05) is 49.1 Å². The predicted octanol–water partition coefficient (Wildman–Crippen LogP) is 1.39. The van der Waals surface area contributed by atoms with E-state index in [1.54, 1.807) is 0 Å². The Balaban J connectivity index is 1.44. The summed E-state index contributed by atoms with van der Waals surface area (Å²) < 4.78 is 40.2. The Morgan fingerprint density at radius 1 is 1.22 bits per heavy atom. The second-order valence-electron chi connectivity index (χ2n) is 8.06. The first-order valence-corrected chi connectivity index (χ1v) is 10.9. The number of furan rings is 1. The summed E-state index contributed by atoms with van der Waals surface area (Å²) in [4.78, 5) is 48.3. The van der Waals surface area contributed by atoms with Gasteiger partial charge in [0.05, 0.1) is 31.4 Å². The van der Waals surface area contributed by atoms with Gasteiger partial charge < -0.3 is 19.4 Å². The van der Waals surface area contributed by atoms with Crippen molar-refractivity contribution in [1.82, 2.24) is 15.8 Å². The van der Waals surface area contributed by atoms with Crippen molar-refractivity contribution in [3.8, 4) is 0 Å². The van der Waals surface area contributed by atoms with Crippen LogP contribution in [0.4, 0.5) is 30.8 Å². The fourth-order valence-electron chi connectivity index (χ4n) is 3.91. The minimum atomic E-state index is -0.912. The van der Waals surface area contributed by atoms with Crippen LogP contribution >= 0.6 is 0 Å². The number of nitro groups is 1. The number of carbonyl (C=O) groups is 3. The van der Waals surface area contributed by atoms with Crippen LogP contribution in [0.5, 0.6) is 0 Å². The van der Waals surface area contributed by atoms with Crippen LogP contribution in [0.2, 0.25) is 0 Å². The van der Waals surface area contributed by atoms with Crippen LogP contribution in [-0.2, 0) is 9.53 Å². The summed E-state index contributed by atoms with van der Waals surface area (Å²) in [7, 11) is 0. The first-order chi connectivity index (χ1) is 17.1. The molecule has 0 aliphatic carbocycles. The molecule has 3 heterocycles. The molecule has 3 amide bonds. The number of hydrogen-bond acceptors (Lipinski definition) is 9. The first kappa shape index (κ1) is 24.8. The quantitative estimate of drug-likeness (QED) is 0.436. The number of hydrogen-bond donors (Lipinski definition) is 2. The van der Waals surface area contributed by atoms with Gasteiger partial charge in [-0.25, -0.2) is 19.0 Å². The van der Waals surface area contributed by atoms with Gasteiger partial charge in [0, 0.05) is 38.7 Å². The summed E-state index contributed by atoms with van der Waals surface area (Å²) in [5.74, 6) is -3.62. The molecular weight excluding hydrogens is 486 g/mol. The average molecular weight is 508 g/mol. The fourth-order valence-corrected chi connectivity index (χ4v) is 3.91. The number of rotatable bonds is 6. The molecule has 0 unspecified atom stereocenters. The molecule has 15 heteroatoms. The molecule has 2 aliphatic heterocycles. The molecule has 0 saturated carbocycles. The van der Waals surface area contributed by atoms with Crippen molar-refractivity contribution in [2.24, 2.45) is 0 Å². The highest BCUT2D eigenvalue weighted by Crippen LogP contribution is 2.31. The highest BCUT2D eigenvalue weighted by atomic mass is 19.1. The van der Waals surface area contributed by atoms with Crippen LogP contribution in [0, 0.1) is 21.7 Å². The molecule has 0 spiro atoms. The Bertz CT molecular complexity index is 1180. The maximum atomic E-state index is 15.1. The zero-order chi connectivity index (χ0) is 26.0. The second kappa shape index (κ2) is 10.2. The third kappa shape index (κ3) is 5.19. The minimum Gasteiger partial charge on any atom is -0.442 e. The Morgan fingerprint density at radius 2 is 1.94 bits per heavy atom. The summed E-state index contributed by atoms with van der Waals surface area (Å²) in [5.41, 5.74) is 2.45. The number of amides is 3. The van der Waals surface area contributed by atoms with Gasteiger partial charge in [-0.1, -0.05) is 0 Å². The lowest BCUT2D eigenvalue weighted by Gasteiger charge is -2.25. The number of carbonyl (C=O) groups excluding carboxylic acids is 3. The van der Waals surface area contributed by atoms with E-state index in [9.17, 15) is 24.5 Å². The van der Waals surface area contributed by atoms with Crippen molar-refractivity contribution < 1.29 is 37.2 Å². The number of benzene rings is 1. The van der Waals surface area contributed by atoms with E-state index in [4.69, 9.17) is 9.15 Å². The summed E-state index contributed by atoms with van der Waals surface area (Å²) in [6.07, 6.45) is -1.45. The maximum absolute atomic E-state index is 15.1. The van der Waals surface area contributed by atoms with Crippen LogP contribution in [0.15, 0.2) is 28.7 Å². The number of cyclic esters (lactones) is 1. The smallest absolute Gasteiger partial charge is 0.433 e. The molecule has 2 aromatic rings. The Labute approximate surface area is 202 Å². The molecule has 2 fully saturated rings. The van der Waals surface area contributed by atoms with E-state index >= 15 is 8.78 Å². The number of hydrazine groups is 1. The molecule has 0 radical (unpaired) electrons. The molecule has 1 atom stereocenters. The normalized spacial score (nSPS) is 18.1. The van der Waals surface area contributed by atoms with Crippen molar-refractivity contribution >= 4 is 35.2 Å². The van der Waals surface area contributed by atoms with Crippen LogP contribution in [0.25, 0.3) is 0 Å². The molecule has 36 heavy (non-hydrogen) atoms. The van der Waals surface area contributed by atoms with Crippen LogP contribution in [0.3, 0.4) is 0 Å². The van der Waals surface area contributed by atoms with Gasteiger partial charge in [0.15, 0.2) is 11.6 Å². The van der Waals surface area contributed by atoms with Crippen LogP contribution in [-0.4, -0.2) is 73.2 Å². The monoisotopic (exact) mass is 508 g/mol. The number of halogens is 2. The molecule has 4 rings (SSSR count). The molecule has 1 aromatic carbocycles. The largest absolute Gasteiger partial charge is 0.442 e. The topological polar surface area (TPSA) is 151 Å². The number of nitrogens with zero attached hydrogens (tertiary/aromatic N) is 4. The van der Waals surface area contributed by atoms with Crippen molar-refractivity contribution in [3.05, 3.63) is 51.8 Å². The zero-order valence-corrected chi connectivity index (χ0v) is 19.0. The second-order valence-corrected chi connectivity index (χ2v) is 8.06. The third-order valence-electron chi connectivity index (χ3n) is 5.59. The van der Waals surface area contributed by atoms with E-state index in [1.807, 2.05) is 0 Å². The van der Waals surface area contributed by atoms with Crippen molar-refractivity contribution in [1.29, 1.82) is 0 Å². The fraction of sp³-hybridized carbons (Fsp3) is 0.381. The van der Waals surface area contributed by atoms with Crippen LogP contribution < -0.4 is 20.5 Å². The lowest BCUT2D eigenvalue weighted by molar-refractivity contribution is -0.402. The van der Waals surface area contributed by atoms with Gasteiger partial charge >= 0.3 is 17.9 Å². The summed E-state index contributed by atoms with van der Waals surface area (Å²) in [5, 5.41) is 14.5. The Kier molecular flexibility index (Phi) is 7.00. The van der Waals surface area contributed by atoms with Crippen LogP contribution in [0.1, 0.15) is 17.5 Å². The summed E-state index contributed by atoms with van der Waals surface area (Å²) in [6, 6.07) is 4.27. The molecule has 2 saturated heterocycles. The van der Waals surface area contributed by atoms with Crippen molar-refractivity contribution in [3.63, 3.8) is 0 Å². The highest BCUT2D eigenvalue weighted by molar-refractivity contribution is 5.91. The molecule has 1 aromatic heterocycles. The van der Waals surface area contributed by atoms with E-state index in [-0.39, 0.29) is 62.3 Å². The number of ether oxygens (including phenoxy) is 1. The van der Waals surface area contributed by atoms with Gasteiger partial charge in [-0.05, 0) is 6.07 Å². The number of nitrogens with one attached hydrogen (secondary N) is 2. The van der Waals surface area contributed by atoms with Gasteiger partial charge in [-0.15, -0.1) is 0 Å². The van der Waals surface area contributed by atoms with Gasteiger partial charge in [-0.3, -0.25) is 29.6 Å².